The van der Waals surface area contributed by atoms with Crippen molar-refractivity contribution in [2.24, 2.45) is 5.41 Å². The lowest BCUT2D eigenvalue weighted by molar-refractivity contribution is -0.126. The van der Waals surface area contributed by atoms with Gasteiger partial charge in [0.2, 0.25) is 5.91 Å². The molecule has 7 heteroatoms. The summed E-state index contributed by atoms with van der Waals surface area (Å²) in [5, 5.41) is 11.8. The van der Waals surface area contributed by atoms with Crippen molar-refractivity contribution in [3.8, 4) is 6.07 Å². The van der Waals surface area contributed by atoms with Crippen molar-refractivity contribution in [1.29, 1.82) is 5.26 Å². The molecule has 1 N–H and O–H groups in total. The Kier molecular flexibility index (Phi) is 4.48. The summed E-state index contributed by atoms with van der Waals surface area (Å²) >= 11 is 11.7. The molecule has 20 heavy (non-hydrogen) atoms. The van der Waals surface area contributed by atoms with Crippen molar-refractivity contribution in [2.75, 3.05) is 18.5 Å². The van der Waals surface area contributed by atoms with E-state index in [0.29, 0.717) is 26.1 Å². The Labute approximate surface area is 125 Å². The third kappa shape index (κ3) is 2.88. The Bertz CT molecular complexity index is 557. The molecule has 106 valence electrons. The molecule has 1 aromatic rings. The van der Waals surface area contributed by atoms with Gasteiger partial charge in [0.15, 0.2) is 0 Å². The van der Waals surface area contributed by atoms with Gasteiger partial charge in [-0.25, -0.2) is 4.39 Å². The molecule has 0 saturated carbocycles. The van der Waals surface area contributed by atoms with E-state index in [1.54, 1.807) is 0 Å². The number of halogens is 3. The van der Waals surface area contributed by atoms with Crippen LogP contribution in [0.15, 0.2) is 12.1 Å². The second kappa shape index (κ2) is 5.96. The molecule has 0 aliphatic carbocycles. The Balaban J connectivity index is 2.26. The standard InChI is InChI=1S/C13H11Cl2FN2O2/c14-9-5-8(16)6-10(15)11(9)18-12(19)13(7-17)1-3-20-4-2-13/h5-6H,1-4H2,(H,18,19). The number of amides is 1. The van der Waals surface area contributed by atoms with Gasteiger partial charge in [0, 0.05) is 13.2 Å². The van der Waals surface area contributed by atoms with E-state index in [9.17, 15) is 14.4 Å². The van der Waals surface area contributed by atoms with Crippen LogP contribution in [0.3, 0.4) is 0 Å². The number of rotatable bonds is 2. The van der Waals surface area contributed by atoms with Crippen LogP contribution in [0.2, 0.25) is 10.0 Å². The van der Waals surface area contributed by atoms with Crippen molar-refractivity contribution in [2.45, 2.75) is 12.8 Å². The Morgan fingerprint density at radius 3 is 2.40 bits per heavy atom. The average Bonchev–Trinajstić information content (AvgIpc) is 2.43. The first-order valence-corrected chi connectivity index (χ1v) is 6.69. The minimum atomic E-state index is -1.17. The van der Waals surface area contributed by atoms with Crippen LogP contribution in [-0.4, -0.2) is 19.1 Å². The van der Waals surface area contributed by atoms with Gasteiger partial charge in [-0.2, -0.15) is 5.26 Å². The van der Waals surface area contributed by atoms with Gasteiger partial charge in [-0.1, -0.05) is 23.2 Å². The highest BCUT2D eigenvalue weighted by Crippen LogP contribution is 2.35. The fourth-order valence-electron chi connectivity index (χ4n) is 2.00. The highest BCUT2D eigenvalue weighted by atomic mass is 35.5. The molecule has 0 atom stereocenters. The smallest absolute Gasteiger partial charge is 0.245 e. The predicted molar refractivity (Wildman–Crippen MR) is 73.1 cm³/mol. The van der Waals surface area contributed by atoms with E-state index < -0.39 is 17.1 Å². The van der Waals surface area contributed by atoms with Crippen LogP contribution in [0.5, 0.6) is 0 Å². The Hall–Kier alpha value is -1.35. The fraction of sp³-hybridized carbons (Fsp3) is 0.385. The van der Waals surface area contributed by atoms with Crippen LogP contribution in [0, 0.1) is 22.6 Å². The summed E-state index contributed by atoms with van der Waals surface area (Å²) < 4.78 is 18.2. The molecule has 2 rings (SSSR count). The van der Waals surface area contributed by atoms with Crippen LogP contribution in [0.1, 0.15) is 12.8 Å². The number of ether oxygens (including phenoxy) is 1. The monoisotopic (exact) mass is 316 g/mol. The van der Waals surface area contributed by atoms with E-state index in [0.717, 1.165) is 12.1 Å². The quantitative estimate of drug-likeness (QED) is 0.909. The zero-order valence-corrected chi connectivity index (χ0v) is 11.9. The summed E-state index contributed by atoms with van der Waals surface area (Å²) in [6.45, 7) is 0.678. The summed E-state index contributed by atoms with van der Waals surface area (Å²) in [6.07, 6.45) is 0.595. The van der Waals surface area contributed by atoms with E-state index in [-0.39, 0.29) is 15.7 Å². The third-order valence-corrected chi connectivity index (χ3v) is 3.84. The molecule has 0 aromatic heterocycles. The van der Waals surface area contributed by atoms with Gasteiger partial charge in [-0.05, 0) is 25.0 Å². The maximum Gasteiger partial charge on any atom is 0.245 e. The van der Waals surface area contributed by atoms with Crippen molar-refractivity contribution in [3.05, 3.63) is 28.0 Å². The van der Waals surface area contributed by atoms with Gasteiger partial charge in [-0.3, -0.25) is 4.79 Å². The van der Waals surface area contributed by atoms with Gasteiger partial charge < -0.3 is 10.1 Å². The average molecular weight is 317 g/mol. The molecule has 0 radical (unpaired) electrons. The number of anilines is 1. The van der Waals surface area contributed by atoms with Crippen LogP contribution >= 0.6 is 23.2 Å². The molecule has 1 aromatic carbocycles. The lowest BCUT2D eigenvalue weighted by Gasteiger charge is -2.29. The maximum atomic E-state index is 13.1. The van der Waals surface area contributed by atoms with Crippen LogP contribution in [-0.2, 0) is 9.53 Å². The molecule has 1 aliphatic heterocycles. The SMILES string of the molecule is N#CC1(C(=O)Nc2c(Cl)cc(F)cc2Cl)CCOCC1. The summed E-state index contributed by atoms with van der Waals surface area (Å²) in [7, 11) is 0. The number of nitrogens with zero attached hydrogens (tertiary/aromatic N) is 1. The Morgan fingerprint density at radius 2 is 1.90 bits per heavy atom. The number of hydrogen-bond donors (Lipinski definition) is 1. The molecule has 1 amide bonds. The fourth-order valence-corrected chi connectivity index (χ4v) is 2.56. The summed E-state index contributed by atoms with van der Waals surface area (Å²) in [5.41, 5.74) is -1.06. The van der Waals surface area contributed by atoms with Gasteiger partial charge in [0.05, 0.1) is 21.8 Å². The number of hydrogen-bond acceptors (Lipinski definition) is 3. The molecule has 4 nitrogen and oxygen atoms in total. The van der Waals surface area contributed by atoms with E-state index in [2.05, 4.69) is 5.32 Å². The zero-order chi connectivity index (χ0) is 14.8. The molecular weight excluding hydrogens is 306 g/mol. The molecule has 0 spiro atoms. The Morgan fingerprint density at radius 1 is 1.35 bits per heavy atom. The zero-order valence-electron chi connectivity index (χ0n) is 10.4. The first-order chi connectivity index (χ1) is 9.48. The van der Waals surface area contributed by atoms with E-state index in [1.807, 2.05) is 6.07 Å². The van der Waals surface area contributed by atoms with Gasteiger partial charge in [0.25, 0.3) is 0 Å². The van der Waals surface area contributed by atoms with Crippen LogP contribution in [0.25, 0.3) is 0 Å². The molecule has 1 aliphatic rings. The lowest BCUT2D eigenvalue weighted by Crippen LogP contribution is -2.40. The van der Waals surface area contributed by atoms with E-state index in [4.69, 9.17) is 27.9 Å². The van der Waals surface area contributed by atoms with Crippen molar-refractivity contribution < 1.29 is 13.9 Å². The lowest BCUT2D eigenvalue weighted by atomic mass is 9.81. The normalized spacial score (nSPS) is 17.3. The minimum absolute atomic E-state index is 0.0106. The van der Waals surface area contributed by atoms with E-state index >= 15 is 0 Å². The summed E-state index contributed by atoms with van der Waals surface area (Å²) in [4.78, 5) is 12.3. The third-order valence-electron chi connectivity index (χ3n) is 3.24. The van der Waals surface area contributed by atoms with Gasteiger partial charge in [0.1, 0.15) is 11.2 Å². The van der Waals surface area contributed by atoms with Crippen LogP contribution < -0.4 is 5.32 Å². The summed E-state index contributed by atoms with van der Waals surface area (Å²) in [6, 6.07) is 4.13. The highest BCUT2D eigenvalue weighted by Gasteiger charge is 2.40. The molecule has 1 saturated heterocycles. The van der Waals surface area contributed by atoms with Crippen molar-refractivity contribution >= 4 is 34.8 Å². The first-order valence-electron chi connectivity index (χ1n) is 5.93. The van der Waals surface area contributed by atoms with E-state index in [1.165, 1.54) is 0 Å². The minimum Gasteiger partial charge on any atom is -0.381 e. The molecule has 0 unspecified atom stereocenters. The largest absolute Gasteiger partial charge is 0.381 e. The maximum absolute atomic E-state index is 13.1. The van der Waals surface area contributed by atoms with Crippen molar-refractivity contribution in [1.82, 2.24) is 0 Å². The van der Waals surface area contributed by atoms with Crippen molar-refractivity contribution in [3.63, 3.8) is 0 Å². The number of nitrogens with one attached hydrogen (secondary N) is 1. The number of carbonyl (C=O) groups is 1. The second-order valence-electron chi connectivity index (χ2n) is 4.50. The number of carbonyl (C=O) groups excluding carboxylic acids is 1. The van der Waals surface area contributed by atoms with Crippen LogP contribution in [0.4, 0.5) is 10.1 Å². The summed E-state index contributed by atoms with van der Waals surface area (Å²) in [5.74, 6) is -1.10. The molecule has 0 bridgehead atoms. The molecular formula is C13H11Cl2FN2O2. The molecule has 1 fully saturated rings. The second-order valence-corrected chi connectivity index (χ2v) is 5.32. The first kappa shape index (κ1) is 15.0. The molecule has 1 heterocycles. The topological polar surface area (TPSA) is 62.1 Å². The van der Waals surface area contributed by atoms with Gasteiger partial charge in [-0.15, -0.1) is 0 Å². The van der Waals surface area contributed by atoms with Gasteiger partial charge >= 0.3 is 0 Å². The highest BCUT2D eigenvalue weighted by molar-refractivity contribution is 6.39. The number of nitriles is 1. The predicted octanol–water partition coefficient (Wildman–Crippen LogP) is 3.39. The number of benzene rings is 1.